The lowest BCUT2D eigenvalue weighted by atomic mass is 10.1. The van der Waals surface area contributed by atoms with E-state index in [9.17, 15) is 9.59 Å². The van der Waals surface area contributed by atoms with Crippen molar-refractivity contribution < 1.29 is 23.8 Å². The van der Waals surface area contributed by atoms with Crippen LogP contribution in [0.2, 0.25) is 0 Å². The Morgan fingerprint density at radius 3 is 2.35 bits per heavy atom. The van der Waals surface area contributed by atoms with Crippen molar-refractivity contribution >= 4 is 11.9 Å². The summed E-state index contributed by atoms with van der Waals surface area (Å²) in [5.41, 5.74) is 0.991. The summed E-state index contributed by atoms with van der Waals surface area (Å²) in [6, 6.07) is 5.59. The van der Waals surface area contributed by atoms with E-state index in [0.29, 0.717) is 30.9 Å². The van der Waals surface area contributed by atoms with Crippen molar-refractivity contribution in [1.29, 1.82) is 0 Å². The average Bonchev–Trinajstić information content (AvgIpc) is 2.58. The van der Waals surface area contributed by atoms with E-state index in [4.69, 9.17) is 9.47 Å². The number of methoxy groups -OCH3 is 3. The number of rotatable bonds is 8. The van der Waals surface area contributed by atoms with Gasteiger partial charge in [-0.25, -0.2) is 0 Å². The topological polar surface area (TPSA) is 65.1 Å². The van der Waals surface area contributed by atoms with Crippen LogP contribution < -0.4 is 9.47 Å². The van der Waals surface area contributed by atoms with Crippen LogP contribution >= 0.6 is 0 Å². The van der Waals surface area contributed by atoms with Gasteiger partial charge in [0.1, 0.15) is 0 Å². The lowest BCUT2D eigenvalue weighted by Crippen LogP contribution is -2.34. The quantitative estimate of drug-likeness (QED) is 0.684. The van der Waals surface area contributed by atoms with Crippen LogP contribution in [0.25, 0.3) is 0 Å². The first kappa shape index (κ1) is 18.8. The summed E-state index contributed by atoms with van der Waals surface area (Å²) < 4.78 is 15.1. The first-order chi connectivity index (χ1) is 10.9. The van der Waals surface area contributed by atoms with Gasteiger partial charge in [-0.05, 0) is 24.1 Å². The Kier molecular flexibility index (Phi) is 7.38. The molecule has 1 rings (SSSR count). The number of hydrogen-bond donors (Lipinski definition) is 0. The van der Waals surface area contributed by atoms with E-state index in [2.05, 4.69) is 4.74 Å². The number of carbonyl (C=O) groups is 2. The van der Waals surface area contributed by atoms with Gasteiger partial charge in [-0.1, -0.05) is 13.0 Å². The van der Waals surface area contributed by atoms with E-state index in [1.165, 1.54) is 7.11 Å². The molecule has 0 N–H and O–H groups in total. The Hall–Kier alpha value is -2.24. The summed E-state index contributed by atoms with van der Waals surface area (Å²) in [4.78, 5) is 25.1. The highest BCUT2D eigenvalue weighted by Crippen LogP contribution is 2.28. The molecule has 0 saturated heterocycles. The number of aryl methyl sites for hydroxylation is 1. The van der Waals surface area contributed by atoms with Gasteiger partial charge in [0, 0.05) is 20.0 Å². The van der Waals surface area contributed by atoms with Crippen molar-refractivity contribution in [2.45, 2.75) is 19.8 Å². The van der Waals surface area contributed by atoms with Gasteiger partial charge in [0.05, 0.1) is 27.2 Å². The summed E-state index contributed by atoms with van der Waals surface area (Å²) in [5, 5.41) is 0. The molecule has 1 unspecified atom stereocenters. The minimum absolute atomic E-state index is 0.0180. The fourth-order valence-electron chi connectivity index (χ4n) is 2.27. The number of nitrogens with zero attached hydrogens (tertiary/aromatic N) is 1. The normalized spacial score (nSPS) is 11.5. The Bertz CT molecular complexity index is 544. The Balaban J connectivity index is 2.57. The second-order valence-electron chi connectivity index (χ2n) is 5.39. The lowest BCUT2D eigenvalue weighted by molar-refractivity contribution is -0.146. The molecule has 128 valence electrons. The van der Waals surface area contributed by atoms with Crippen LogP contribution in [0.15, 0.2) is 18.2 Å². The first-order valence-corrected chi connectivity index (χ1v) is 7.45. The van der Waals surface area contributed by atoms with Gasteiger partial charge in [-0.2, -0.15) is 0 Å². The minimum atomic E-state index is -0.338. The summed E-state index contributed by atoms with van der Waals surface area (Å²) in [6.07, 6.45) is 0.954. The monoisotopic (exact) mass is 323 g/mol. The molecule has 0 radical (unpaired) electrons. The lowest BCUT2D eigenvalue weighted by Gasteiger charge is -2.20. The van der Waals surface area contributed by atoms with Crippen molar-refractivity contribution in [3.05, 3.63) is 23.8 Å². The molecular formula is C17H25NO5. The molecule has 0 heterocycles. The fourth-order valence-corrected chi connectivity index (χ4v) is 2.27. The maximum Gasteiger partial charge on any atom is 0.310 e. The molecule has 0 aliphatic rings. The fraction of sp³-hybridized carbons (Fsp3) is 0.529. The zero-order valence-electron chi connectivity index (χ0n) is 14.4. The molecule has 1 amide bonds. The predicted octanol–water partition coefficient (Wildman–Crippen LogP) is 1.90. The van der Waals surface area contributed by atoms with Crippen LogP contribution in [-0.4, -0.2) is 51.7 Å². The molecule has 6 nitrogen and oxygen atoms in total. The number of ether oxygens (including phenoxy) is 3. The van der Waals surface area contributed by atoms with E-state index in [1.807, 2.05) is 18.2 Å². The molecule has 0 saturated carbocycles. The molecule has 0 aliphatic carbocycles. The number of benzene rings is 1. The predicted molar refractivity (Wildman–Crippen MR) is 86.7 cm³/mol. The average molecular weight is 323 g/mol. The molecule has 0 bridgehead atoms. The number of esters is 1. The largest absolute Gasteiger partial charge is 0.493 e. The van der Waals surface area contributed by atoms with E-state index in [-0.39, 0.29) is 17.8 Å². The Labute approximate surface area is 137 Å². The van der Waals surface area contributed by atoms with Crippen molar-refractivity contribution in [2.24, 2.45) is 5.92 Å². The molecule has 0 spiro atoms. The zero-order valence-corrected chi connectivity index (χ0v) is 14.4. The summed E-state index contributed by atoms with van der Waals surface area (Å²) in [5.74, 6) is 0.631. The van der Waals surface area contributed by atoms with Crippen LogP contribution in [0.3, 0.4) is 0 Å². The molecule has 1 aromatic carbocycles. The van der Waals surface area contributed by atoms with Gasteiger partial charge in [0.2, 0.25) is 5.91 Å². The summed E-state index contributed by atoms with van der Waals surface area (Å²) in [7, 11) is 6.20. The standard InChI is InChI=1S/C17H25NO5/c1-12(17(20)23-5)11-18(2)16(19)9-7-13-6-8-14(21-3)15(10-13)22-4/h6,8,10,12H,7,9,11H2,1-5H3. The zero-order chi connectivity index (χ0) is 17.4. The van der Waals surface area contributed by atoms with Crippen LogP contribution in [0.4, 0.5) is 0 Å². The SMILES string of the molecule is COC(=O)C(C)CN(C)C(=O)CCc1ccc(OC)c(OC)c1. The number of carbonyl (C=O) groups excluding carboxylic acids is 2. The van der Waals surface area contributed by atoms with Gasteiger partial charge >= 0.3 is 5.97 Å². The highest BCUT2D eigenvalue weighted by molar-refractivity contribution is 5.78. The highest BCUT2D eigenvalue weighted by atomic mass is 16.5. The molecule has 0 aliphatic heterocycles. The minimum Gasteiger partial charge on any atom is -0.493 e. The molecule has 23 heavy (non-hydrogen) atoms. The van der Waals surface area contributed by atoms with Crippen molar-refractivity contribution in [2.75, 3.05) is 34.9 Å². The second-order valence-corrected chi connectivity index (χ2v) is 5.39. The van der Waals surface area contributed by atoms with Crippen molar-refractivity contribution in [3.63, 3.8) is 0 Å². The van der Waals surface area contributed by atoms with Crippen molar-refractivity contribution in [1.82, 2.24) is 4.90 Å². The molecule has 0 aromatic heterocycles. The number of hydrogen-bond acceptors (Lipinski definition) is 5. The van der Waals surface area contributed by atoms with E-state index >= 15 is 0 Å². The molecule has 1 aromatic rings. The van der Waals surface area contributed by atoms with Gasteiger partial charge in [-0.3, -0.25) is 9.59 Å². The number of amides is 1. The third kappa shape index (κ3) is 5.47. The summed E-state index contributed by atoms with van der Waals surface area (Å²) >= 11 is 0. The maximum atomic E-state index is 12.2. The van der Waals surface area contributed by atoms with E-state index in [1.54, 1.807) is 33.1 Å². The van der Waals surface area contributed by atoms with Crippen LogP contribution in [0.5, 0.6) is 11.5 Å². The molecule has 0 fully saturated rings. The first-order valence-electron chi connectivity index (χ1n) is 7.45. The maximum absolute atomic E-state index is 12.2. The highest BCUT2D eigenvalue weighted by Gasteiger charge is 2.18. The third-order valence-electron chi connectivity index (χ3n) is 3.65. The van der Waals surface area contributed by atoms with E-state index < -0.39 is 0 Å². The van der Waals surface area contributed by atoms with Crippen LogP contribution in [-0.2, 0) is 20.7 Å². The van der Waals surface area contributed by atoms with Crippen molar-refractivity contribution in [3.8, 4) is 11.5 Å². The summed E-state index contributed by atoms with van der Waals surface area (Å²) in [6.45, 7) is 2.08. The van der Waals surface area contributed by atoms with Gasteiger partial charge in [-0.15, -0.1) is 0 Å². The van der Waals surface area contributed by atoms with Gasteiger partial charge in [0.15, 0.2) is 11.5 Å². The van der Waals surface area contributed by atoms with Crippen LogP contribution in [0, 0.1) is 5.92 Å². The molecular weight excluding hydrogens is 298 g/mol. The van der Waals surface area contributed by atoms with Gasteiger partial charge < -0.3 is 19.1 Å². The third-order valence-corrected chi connectivity index (χ3v) is 3.65. The second kappa shape index (κ2) is 9.02. The van der Waals surface area contributed by atoms with Gasteiger partial charge in [0.25, 0.3) is 0 Å². The Morgan fingerprint density at radius 2 is 1.78 bits per heavy atom. The molecule has 6 heteroatoms. The smallest absolute Gasteiger partial charge is 0.310 e. The van der Waals surface area contributed by atoms with Crippen LogP contribution in [0.1, 0.15) is 18.9 Å². The Morgan fingerprint density at radius 1 is 1.13 bits per heavy atom. The molecule has 1 atom stereocenters. The van der Waals surface area contributed by atoms with E-state index in [0.717, 1.165) is 5.56 Å².